The standard InChI is InChI=1S/5ClH.Ir.H2O/h5*1H;;1H2/q;;;;;+4;/p-4. The van der Waals surface area contributed by atoms with Crippen LogP contribution >= 0.6 is 12.4 Å². The number of hydrogen-bond donors (Lipinski definition) is 0. The van der Waals surface area contributed by atoms with Crippen molar-refractivity contribution in [3.05, 3.63) is 0 Å². The van der Waals surface area contributed by atoms with Crippen molar-refractivity contribution in [3.8, 4) is 0 Å². The molecule has 2 N–H and O–H groups in total. The average molecular weight is 389 g/mol. The van der Waals surface area contributed by atoms with Crippen LogP contribution in [-0.2, 0) is 20.1 Å². The third kappa shape index (κ3) is 69.8. The Labute approximate surface area is 87.1 Å². The van der Waals surface area contributed by atoms with Crippen LogP contribution in [0.15, 0.2) is 0 Å². The second-order valence-electron chi connectivity index (χ2n) is 0. The summed E-state index contributed by atoms with van der Waals surface area (Å²) in [6.07, 6.45) is 0. The maximum absolute atomic E-state index is 0. The molecule has 53 valence electrons. The molecule has 0 amide bonds. The van der Waals surface area contributed by atoms with E-state index < -0.39 is 0 Å². The van der Waals surface area contributed by atoms with Gasteiger partial charge in [-0.2, -0.15) is 0 Å². The van der Waals surface area contributed by atoms with E-state index in [2.05, 4.69) is 0 Å². The fourth-order valence-electron chi connectivity index (χ4n) is 0. The molecule has 0 rings (SSSR count). The summed E-state index contributed by atoms with van der Waals surface area (Å²) in [5, 5.41) is 0. The smallest absolute Gasteiger partial charge is 1.00 e. The van der Waals surface area contributed by atoms with Crippen LogP contribution in [0.4, 0.5) is 0 Å². The molecule has 0 aliphatic heterocycles. The summed E-state index contributed by atoms with van der Waals surface area (Å²) in [5.74, 6) is 0. The zero-order valence-electron chi connectivity index (χ0n) is 2.75. The number of hydrogen-bond acceptors (Lipinski definition) is 0. The van der Waals surface area contributed by atoms with Crippen LogP contribution in [0.2, 0.25) is 0 Å². The molecule has 7 heteroatoms. The van der Waals surface area contributed by atoms with Crippen LogP contribution in [0.25, 0.3) is 0 Å². The summed E-state index contributed by atoms with van der Waals surface area (Å²) in [6, 6.07) is 0. The van der Waals surface area contributed by atoms with Crippen LogP contribution in [0.1, 0.15) is 0 Å². The second-order valence-corrected chi connectivity index (χ2v) is 0. The normalized spacial score (nSPS) is 0. The first-order chi connectivity index (χ1) is 0. The van der Waals surface area contributed by atoms with E-state index in [4.69, 9.17) is 0 Å². The van der Waals surface area contributed by atoms with Gasteiger partial charge in [0.15, 0.2) is 0 Å². The van der Waals surface area contributed by atoms with Gasteiger partial charge in [0.2, 0.25) is 0 Å². The first-order valence-electron chi connectivity index (χ1n) is 0. The van der Waals surface area contributed by atoms with Crippen LogP contribution < -0.4 is 49.6 Å². The molecular formula is H3Cl5IrO. The maximum Gasteiger partial charge on any atom is 4.00 e. The second kappa shape index (κ2) is 94.7. The van der Waals surface area contributed by atoms with Crippen LogP contribution in [0.5, 0.6) is 0 Å². The van der Waals surface area contributed by atoms with Gasteiger partial charge in [-0.25, -0.2) is 0 Å². The molecule has 0 aromatic carbocycles. The summed E-state index contributed by atoms with van der Waals surface area (Å²) in [4.78, 5) is 0. The molecule has 0 unspecified atom stereocenters. The van der Waals surface area contributed by atoms with Gasteiger partial charge in [0, 0.05) is 0 Å². The Balaban J connectivity index is 0. The van der Waals surface area contributed by atoms with Crippen LogP contribution in [-0.4, -0.2) is 5.48 Å². The quantitative estimate of drug-likeness (QED) is 0.395. The minimum absolute atomic E-state index is 0. The molecular weight excluding hydrogens is 385 g/mol. The van der Waals surface area contributed by atoms with Crippen LogP contribution in [0.3, 0.4) is 0 Å². The van der Waals surface area contributed by atoms with Crippen molar-refractivity contribution in [1.29, 1.82) is 0 Å². The third-order valence-corrected chi connectivity index (χ3v) is 0. The monoisotopic (exact) mass is 387 g/mol. The van der Waals surface area contributed by atoms with E-state index in [1.165, 1.54) is 0 Å². The van der Waals surface area contributed by atoms with Gasteiger partial charge in [-0.3, -0.25) is 0 Å². The Hall–Kier alpha value is 2.06. The Morgan fingerprint density at radius 1 is 0.571 bits per heavy atom. The van der Waals surface area contributed by atoms with E-state index in [0.717, 1.165) is 0 Å². The fourth-order valence-corrected chi connectivity index (χ4v) is 0. The van der Waals surface area contributed by atoms with Gasteiger partial charge < -0.3 is 55.1 Å². The molecule has 1 nitrogen and oxygen atoms in total. The first kappa shape index (κ1) is 139. The Bertz CT molecular complexity index is 8.04. The molecule has 0 fully saturated rings. The van der Waals surface area contributed by atoms with Crippen molar-refractivity contribution < 1.29 is 75.2 Å². The van der Waals surface area contributed by atoms with Gasteiger partial charge in [0.1, 0.15) is 0 Å². The molecule has 0 aromatic heterocycles. The van der Waals surface area contributed by atoms with E-state index in [9.17, 15) is 0 Å². The summed E-state index contributed by atoms with van der Waals surface area (Å²) in [7, 11) is 0. The first-order valence-corrected chi connectivity index (χ1v) is 0. The van der Waals surface area contributed by atoms with Crippen molar-refractivity contribution in [3.63, 3.8) is 0 Å². The van der Waals surface area contributed by atoms with Crippen molar-refractivity contribution in [2.24, 2.45) is 0 Å². The van der Waals surface area contributed by atoms with E-state index in [1.54, 1.807) is 0 Å². The third-order valence-electron chi connectivity index (χ3n) is 0. The molecule has 0 atom stereocenters. The molecule has 0 saturated heterocycles. The number of rotatable bonds is 0. The van der Waals surface area contributed by atoms with Gasteiger partial charge >= 0.3 is 20.1 Å². The summed E-state index contributed by atoms with van der Waals surface area (Å²) >= 11 is 0. The molecule has 0 aromatic rings. The molecule has 0 heterocycles. The van der Waals surface area contributed by atoms with Crippen molar-refractivity contribution in [2.75, 3.05) is 0 Å². The van der Waals surface area contributed by atoms with Gasteiger partial charge in [-0.1, -0.05) is 0 Å². The predicted molar refractivity (Wildman–Crippen MR) is 10.9 cm³/mol. The summed E-state index contributed by atoms with van der Waals surface area (Å²) < 4.78 is 0. The fraction of sp³-hybridized carbons (Fsp3) is 0. The minimum atomic E-state index is 0. The van der Waals surface area contributed by atoms with E-state index in [1.807, 2.05) is 0 Å². The van der Waals surface area contributed by atoms with Crippen molar-refractivity contribution >= 4 is 12.4 Å². The molecule has 0 saturated carbocycles. The molecule has 0 bridgehead atoms. The Kier molecular flexibility index (Phi) is 1880. The summed E-state index contributed by atoms with van der Waals surface area (Å²) in [6.45, 7) is 0. The minimum Gasteiger partial charge on any atom is -1.00 e. The predicted octanol–water partition coefficient (Wildman–Crippen LogP) is -12.4. The van der Waals surface area contributed by atoms with Crippen molar-refractivity contribution in [2.45, 2.75) is 0 Å². The molecule has 0 spiro atoms. The molecule has 0 aliphatic carbocycles. The molecule has 7 heavy (non-hydrogen) atoms. The molecule has 1 radical (unpaired) electrons. The molecule has 0 aliphatic rings. The Morgan fingerprint density at radius 3 is 0.571 bits per heavy atom. The topological polar surface area (TPSA) is 31.5 Å². The van der Waals surface area contributed by atoms with Gasteiger partial charge in [-0.05, 0) is 0 Å². The van der Waals surface area contributed by atoms with Crippen LogP contribution in [0, 0.1) is 0 Å². The van der Waals surface area contributed by atoms with Gasteiger partial charge in [-0.15, -0.1) is 12.4 Å². The zero-order chi connectivity index (χ0) is 0. The van der Waals surface area contributed by atoms with E-state index in [-0.39, 0.29) is 87.6 Å². The largest absolute Gasteiger partial charge is 4.00 e. The zero-order valence-corrected chi connectivity index (χ0v) is 8.99. The van der Waals surface area contributed by atoms with Gasteiger partial charge in [0.05, 0.1) is 0 Å². The van der Waals surface area contributed by atoms with Crippen molar-refractivity contribution in [1.82, 2.24) is 0 Å². The SMILES string of the molecule is Cl.O.[Cl-].[Cl-].[Cl-].[Cl-].[Ir+4]. The van der Waals surface area contributed by atoms with E-state index in [0.29, 0.717) is 0 Å². The number of halogens is 5. The van der Waals surface area contributed by atoms with E-state index >= 15 is 0 Å². The average Bonchev–Trinajstić information content (AvgIpc) is 0. The maximum atomic E-state index is 0. The Morgan fingerprint density at radius 2 is 0.571 bits per heavy atom. The van der Waals surface area contributed by atoms with Gasteiger partial charge in [0.25, 0.3) is 0 Å². The summed E-state index contributed by atoms with van der Waals surface area (Å²) in [5.41, 5.74) is 0.